The van der Waals surface area contributed by atoms with E-state index in [9.17, 15) is 4.79 Å². The molecule has 0 aliphatic carbocycles. The van der Waals surface area contributed by atoms with Crippen molar-refractivity contribution in [2.75, 3.05) is 17.7 Å². The van der Waals surface area contributed by atoms with E-state index in [1.165, 1.54) is 11.3 Å². The molecule has 0 aliphatic heterocycles. The third-order valence-corrected chi connectivity index (χ3v) is 3.02. The third-order valence-electron chi connectivity index (χ3n) is 2.33. The number of carbonyl (C=O) groups is 1. The maximum absolute atomic E-state index is 11.7. The summed E-state index contributed by atoms with van der Waals surface area (Å²) < 4.78 is 5.10. The average molecular weight is 263 g/mol. The van der Waals surface area contributed by atoms with Crippen LogP contribution in [0.2, 0.25) is 0 Å². The van der Waals surface area contributed by atoms with Crippen molar-refractivity contribution in [1.29, 1.82) is 0 Å². The molecule has 94 valence electrons. The number of nitrogens with zero attached hydrogens (tertiary/aromatic N) is 1. The zero-order chi connectivity index (χ0) is 13.0. The van der Waals surface area contributed by atoms with E-state index in [4.69, 9.17) is 4.74 Å². The van der Waals surface area contributed by atoms with Crippen LogP contribution >= 0.6 is 11.3 Å². The predicted molar refractivity (Wildman–Crippen MR) is 72.5 cm³/mol. The Morgan fingerprint density at radius 2 is 2.22 bits per heavy atom. The fraction of sp³-hybridized carbons (Fsp3) is 0.167. The van der Waals surface area contributed by atoms with E-state index in [0.717, 1.165) is 17.0 Å². The molecule has 2 N–H and O–H groups in total. The first-order valence-corrected chi connectivity index (χ1v) is 6.19. The molecular formula is C12H13N3O2S. The summed E-state index contributed by atoms with van der Waals surface area (Å²) in [5, 5.41) is 7.78. The number of rotatable bonds is 3. The van der Waals surface area contributed by atoms with Gasteiger partial charge in [-0.1, -0.05) is 0 Å². The molecule has 2 aromatic rings. The fourth-order valence-electron chi connectivity index (χ4n) is 1.44. The van der Waals surface area contributed by atoms with Gasteiger partial charge in [0.2, 0.25) is 0 Å². The summed E-state index contributed by atoms with van der Waals surface area (Å²) in [6, 6.07) is 5.15. The number of methoxy groups -OCH3 is 1. The summed E-state index contributed by atoms with van der Waals surface area (Å²) in [5.41, 5.74) is 1.67. The second-order valence-corrected chi connectivity index (χ2v) is 4.49. The molecule has 0 radical (unpaired) electrons. The van der Waals surface area contributed by atoms with Gasteiger partial charge < -0.3 is 10.1 Å². The molecule has 6 heteroatoms. The maximum atomic E-state index is 11.7. The van der Waals surface area contributed by atoms with Crippen molar-refractivity contribution in [3.05, 3.63) is 35.3 Å². The van der Waals surface area contributed by atoms with Gasteiger partial charge in [0.25, 0.3) is 0 Å². The molecule has 0 spiro atoms. The molecule has 0 saturated heterocycles. The monoisotopic (exact) mass is 263 g/mol. The Hall–Kier alpha value is -2.08. The Morgan fingerprint density at radius 3 is 2.83 bits per heavy atom. The van der Waals surface area contributed by atoms with Gasteiger partial charge in [-0.2, -0.15) is 0 Å². The lowest BCUT2D eigenvalue weighted by atomic mass is 10.2. The van der Waals surface area contributed by atoms with Gasteiger partial charge in [-0.15, -0.1) is 11.3 Å². The number of anilines is 2. The summed E-state index contributed by atoms with van der Waals surface area (Å²) in [6.45, 7) is 1.90. The molecule has 18 heavy (non-hydrogen) atoms. The van der Waals surface area contributed by atoms with Crippen LogP contribution in [0.1, 0.15) is 5.56 Å². The second-order valence-electron chi connectivity index (χ2n) is 3.60. The molecule has 1 aromatic heterocycles. The highest BCUT2D eigenvalue weighted by molar-refractivity contribution is 7.13. The molecule has 0 aliphatic rings. The summed E-state index contributed by atoms with van der Waals surface area (Å²) in [4.78, 5) is 15.7. The van der Waals surface area contributed by atoms with Gasteiger partial charge in [-0.3, -0.25) is 5.32 Å². The van der Waals surface area contributed by atoms with E-state index in [-0.39, 0.29) is 6.03 Å². The van der Waals surface area contributed by atoms with Gasteiger partial charge in [-0.05, 0) is 30.7 Å². The lowest BCUT2D eigenvalue weighted by Crippen LogP contribution is -2.19. The number of amides is 2. The van der Waals surface area contributed by atoms with Gasteiger partial charge in [0.05, 0.1) is 7.11 Å². The first-order valence-electron chi connectivity index (χ1n) is 5.31. The van der Waals surface area contributed by atoms with Crippen LogP contribution in [0.3, 0.4) is 0 Å². The number of ether oxygens (including phenoxy) is 1. The van der Waals surface area contributed by atoms with Crippen molar-refractivity contribution < 1.29 is 9.53 Å². The first-order chi connectivity index (χ1) is 8.69. The molecule has 5 nitrogen and oxygen atoms in total. The Labute approximate surface area is 109 Å². The van der Waals surface area contributed by atoms with Crippen molar-refractivity contribution >= 4 is 28.2 Å². The predicted octanol–water partition coefficient (Wildman–Crippen LogP) is 3.10. The van der Waals surface area contributed by atoms with Gasteiger partial charge >= 0.3 is 6.03 Å². The van der Waals surface area contributed by atoms with Crippen LogP contribution in [0.25, 0.3) is 0 Å². The number of benzene rings is 1. The number of hydrogen-bond donors (Lipinski definition) is 2. The molecule has 0 bridgehead atoms. The molecule has 1 aromatic carbocycles. The van der Waals surface area contributed by atoms with Crippen molar-refractivity contribution in [2.45, 2.75) is 6.92 Å². The topological polar surface area (TPSA) is 63.2 Å². The van der Waals surface area contributed by atoms with Gasteiger partial charge in [-0.25, -0.2) is 9.78 Å². The molecule has 0 unspecified atom stereocenters. The summed E-state index contributed by atoms with van der Waals surface area (Å²) >= 11 is 1.37. The maximum Gasteiger partial charge on any atom is 0.325 e. The zero-order valence-corrected chi connectivity index (χ0v) is 10.9. The number of aromatic nitrogens is 1. The minimum Gasteiger partial charge on any atom is -0.497 e. The van der Waals surface area contributed by atoms with E-state index in [0.29, 0.717) is 5.13 Å². The van der Waals surface area contributed by atoms with Gasteiger partial charge in [0, 0.05) is 17.3 Å². The quantitative estimate of drug-likeness (QED) is 0.894. The molecule has 2 amide bonds. The average Bonchev–Trinajstić information content (AvgIpc) is 2.84. The normalized spacial score (nSPS) is 9.89. The summed E-state index contributed by atoms with van der Waals surface area (Å²) in [7, 11) is 1.61. The van der Waals surface area contributed by atoms with Crippen LogP contribution in [0, 0.1) is 6.92 Å². The Morgan fingerprint density at radius 1 is 1.39 bits per heavy atom. The van der Waals surface area contributed by atoms with E-state index >= 15 is 0 Å². The minimum atomic E-state index is -0.307. The number of nitrogens with one attached hydrogen (secondary N) is 2. The highest BCUT2D eigenvalue weighted by Gasteiger charge is 2.06. The molecule has 0 fully saturated rings. The van der Waals surface area contributed by atoms with Crippen LogP contribution < -0.4 is 15.4 Å². The molecule has 0 saturated carbocycles. The Balaban J connectivity index is 2.03. The zero-order valence-electron chi connectivity index (χ0n) is 10.1. The van der Waals surface area contributed by atoms with E-state index < -0.39 is 0 Å². The van der Waals surface area contributed by atoms with Crippen LogP contribution in [0.5, 0.6) is 5.75 Å². The van der Waals surface area contributed by atoms with Crippen molar-refractivity contribution in [3.63, 3.8) is 0 Å². The number of hydrogen-bond acceptors (Lipinski definition) is 4. The van der Waals surface area contributed by atoms with Crippen LogP contribution in [-0.4, -0.2) is 18.1 Å². The highest BCUT2D eigenvalue weighted by Crippen LogP contribution is 2.21. The Kier molecular flexibility index (Phi) is 3.78. The van der Waals surface area contributed by atoms with Gasteiger partial charge in [0.1, 0.15) is 5.75 Å². The van der Waals surface area contributed by atoms with Crippen molar-refractivity contribution in [1.82, 2.24) is 4.98 Å². The molecule has 2 rings (SSSR count). The highest BCUT2D eigenvalue weighted by atomic mass is 32.1. The number of aryl methyl sites for hydroxylation is 1. The number of carbonyl (C=O) groups excluding carboxylic acids is 1. The Bertz CT molecular complexity index is 540. The summed E-state index contributed by atoms with van der Waals surface area (Å²) in [6.07, 6.45) is 1.64. The minimum absolute atomic E-state index is 0.307. The van der Waals surface area contributed by atoms with Crippen molar-refractivity contribution in [3.8, 4) is 5.75 Å². The molecule has 0 atom stereocenters. The van der Waals surface area contributed by atoms with Crippen molar-refractivity contribution in [2.24, 2.45) is 0 Å². The van der Waals surface area contributed by atoms with Crippen LogP contribution in [0.4, 0.5) is 15.6 Å². The van der Waals surface area contributed by atoms with Crippen LogP contribution in [0.15, 0.2) is 29.8 Å². The van der Waals surface area contributed by atoms with Gasteiger partial charge in [0.15, 0.2) is 5.13 Å². The molecule has 1 heterocycles. The van der Waals surface area contributed by atoms with Crippen LogP contribution in [-0.2, 0) is 0 Å². The third kappa shape index (κ3) is 2.98. The van der Waals surface area contributed by atoms with E-state index in [1.54, 1.807) is 30.8 Å². The number of urea groups is 1. The van der Waals surface area contributed by atoms with E-state index in [2.05, 4.69) is 15.6 Å². The number of thiazole rings is 1. The fourth-order valence-corrected chi connectivity index (χ4v) is 1.96. The SMILES string of the molecule is COc1ccc(NC(=O)Nc2nccs2)c(C)c1. The molecular weight excluding hydrogens is 250 g/mol. The second kappa shape index (κ2) is 5.50. The standard InChI is InChI=1S/C12H13N3O2S/c1-8-7-9(17-2)3-4-10(8)14-11(16)15-12-13-5-6-18-12/h3-7H,1-2H3,(H2,13,14,15,16). The van der Waals surface area contributed by atoms with E-state index in [1.807, 2.05) is 13.0 Å². The largest absolute Gasteiger partial charge is 0.497 e. The lowest BCUT2D eigenvalue weighted by Gasteiger charge is -2.09. The summed E-state index contributed by atoms with van der Waals surface area (Å²) in [5.74, 6) is 0.762. The lowest BCUT2D eigenvalue weighted by molar-refractivity contribution is 0.262. The first kappa shape index (κ1) is 12.4. The smallest absolute Gasteiger partial charge is 0.325 e.